The molecule has 0 fully saturated rings. The summed E-state index contributed by atoms with van der Waals surface area (Å²) in [7, 11) is 1.52. The molecule has 1 atom stereocenters. The van der Waals surface area contributed by atoms with Crippen LogP contribution in [0.2, 0.25) is 0 Å². The van der Waals surface area contributed by atoms with Gasteiger partial charge in [0.05, 0.1) is 7.11 Å². The monoisotopic (exact) mass is 364 g/mol. The van der Waals surface area contributed by atoms with Crippen LogP contribution in [0.25, 0.3) is 6.08 Å². The molecule has 6 heteroatoms. The molecule has 0 aromatic heterocycles. The van der Waals surface area contributed by atoms with Gasteiger partial charge >= 0.3 is 5.97 Å². The lowest BCUT2D eigenvalue weighted by Crippen LogP contribution is -2.30. The first-order valence-electron chi connectivity index (χ1n) is 8.27. The summed E-state index contributed by atoms with van der Waals surface area (Å²) in [5.41, 5.74) is 2.06. The number of nitrogens with one attached hydrogen (secondary N) is 1. The third-order valence-corrected chi connectivity index (χ3v) is 3.72. The second-order valence-corrected chi connectivity index (χ2v) is 5.85. The summed E-state index contributed by atoms with van der Waals surface area (Å²) in [6.45, 7) is 3.38. The molecule has 0 spiro atoms. The van der Waals surface area contributed by atoms with Crippen LogP contribution >= 0.6 is 0 Å². The van der Waals surface area contributed by atoms with Crippen LogP contribution in [0.1, 0.15) is 18.1 Å². The van der Waals surface area contributed by atoms with Gasteiger partial charge in [-0.25, -0.2) is 4.79 Å². The lowest BCUT2D eigenvalue weighted by molar-refractivity contribution is -0.148. The van der Waals surface area contributed by atoms with E-state index in [1.165, 1.54) is 20.1 Å². The van der Waals surface area contributed by atoms with Gasteiger partial charge in [0.15, 0.2) is 6.10 Å². The number of aryl methyl sites for hydroxylation is 1. The van der Waals surface area contributed by atoms with E-state index in [0.717, 1.165) is 5.56 Å². The number of ether oxygens (including phenoxy) is 2. The standard InChI is InChI=1S/C21H20N2O4/c1-14-7-9-18(10-8-14)23-20(24)15(2)27-21(25)17(13-22)11-16-5-4-6-19(12-16)26-3/h4-12,15H,1-3H3,(H,23,24)/b17-11+/t15-/m0/s1. The van der Waals surface area contributed by atoms with Crippen LogP contribution in [0.5, 0.6) is 5.75 Å². The zero-order valence-electron chi connectivity index (χ0n) is 15.4. The average Bonchev–Trinajstić information content (AvgIpc) is 2.67. The molecule has 138 valence electrons. The quantitative estimate of drug-likeness (QED) is 0.482. The zero-order valence-corrected chi connectivity index (χ0v) is 15.4. The number of carbonyl (C=O) groups is 2. The highest BCUT2D eigenvalue weighted by Gasteiger charge is 2.20. The number of carbonyl (C=O) groups excluding carboxylic acids is 2. The molecule has 0 aliphatic carbocycles. The van der Waals surface area contributed by atoms with Crippen molar-refractivity contribution in [1.29, 1.82) is 5.26 Å². The summed E-state index contributed by atoms with van der Waals surface area (Å²) in [5, 5.41) is 11.9. The molecule has 2 rings (SSSR count). The zero-order chi connectivity index (χ0) is 19.8. The van der Waals surface area contributed by atoms with Gasteiger partial charge in [-0.15, -0.1) is 0 Å². The predicted molar refractivity (Wildman–Crippen MR) is 102 cm³/mol. The molecule has 0 saturated carbocycles. The predicted octanol–water partition coefficient (Wildman–Crippen LogP) is 3.48. The molecular formula is C21H20N2O4. The molecule has 1 amide bonds. The van der Waals surface area contributed by atoms with E-state index < -0.39 is 18.0 Å². The largest absolute Gasteiger partial charge is 0.497 e. The molecule has 0 aliphatic rings. The second kappa shape index (κ2) is 9.20. The van der Waals surface area contributed by atoms with Gasteiger partial charge in [-0.3, -0.25) is 4.79 Å². The summed E-state index contributed by atoms with van der Waals surface area (Å²) >= 11 is 0. The Hall–Kier alpha value is -3.59. The van der Waals surface area contributed by atoms with E-state index in [4.69, 9.17) is 9.47 Å². The van der Waals surface area contributed by atoms with Gasteiger partial charge in [0, 0.05) is 5.69 Å². The molecule has 6 nitrogen and oxygen atoms in total. The Morgan fingerprint density at radius 3 is 2.52 bits per heavy atom. The molecular weight excluding hydrogens is 344 g/mol. The van der Waals surface area contributed by atoms with Crippen LogP contribution in [-0.4, -0.2) is 25.1 Å². The second-order valence-electron chi connectivity index (χ2n) is 5.85. The van der Waals surface area contributed by atoms with Crippen molar-refractivity contribution >= 4 is 23.6 Å². The molecule has 0 bridgehead atoms. The molecule has 0 saturated heterocycles. The van der Waals surface area contributed by atoms with E-state index in [-0.39, 0.29) is 5.57 Å². The summed E-state index contributed by atoms with van der Waals surface area (Å²) < 4.78 is 10.2. The number of hydrogen-bond acceptors (Lipinski definition) is 5. The van der Waals surface area contributed by atoms with E-state index in [1.54, 1.807) is 42.5 Å². The number of benzene rings is 2. The Bertz CT molecular complexity index is 895. The average molecular weight is 364 g/mol. The fourth-order valence-electron chi connectivity index (χ4n) is 2.19. The Morgan fingerprint density at radius 1 is 1.19 bits per heavy atom. The van der Waals surface area contributed by atoms with E-state index in [1.807, 2.05) is 19.1 Å². The van der Waals surface area contributed by atoms with Gasteiger partial charge in [-0.05, 0) is 49.8 Å². The highest BCUT2D eigenvalue weighted by atomic mass is 16.5. The highest BCUT2D eigenvalue weighted by molar-refractivity contribution is 6.01. The number of esters is 1. The first-order valence-corrected chi connectivity index (χ1v) is 8.27. The van der Waals surface area contributed by atoms with Gasteiger partial charge in [0.25, 0.3) is 5.91 Å². The van der Waals surface area contributed by atoms with Gasteiger partial charge in [0.1, 0.15) is 17.4 Å². The number of amides is 1. The van der Waals surface area contributed by atoms with Crippen molar-refractivity contribution < 1.29 is 19.1 Å². The highest BCUT2D eigenvalue weighted by Crippen LogP contribution is 2.16. The molecule has 1 N–H and O–H groups in total. The minimum absolute atomic E-state index is 0.210. The molecule has 0 unspecified atom stereocenters. The maximum atomic E-state index is 12.2. The summed E-state index contributed by atoms with van der Waals surface area (Å²) in [4.78, 5) is 24.4. The lowest BCUT2D eigenvalue weighted by atomic mass is 10.1. The molecule has 0 heterocycles. The molecule has 2 aromatic rings. The first-order chi connectivity index (χ1) is 12.9. The molecule has 0 radical (unpaired) electrons. The third-order valence-electron chi connectivity index (χ3n) is 3.72. The van der Waals surface area contributed by atoms with Crippen LogP contribution in [0.3, 0.4) is 0 Å². The first kappa shape index (κ1) is 19.7. The Labute approximate surface area is 158 Å². The van der Waals surface area contributed by atoms with Crippen molar-refractivity contribution in [3.8, 4) is 11.8 Å². The Morgan fingerprint density at radius 2 is 1.89 bits per heavy atom. The van der Waals surface area contributed by atoms with Crippen LogP contribution in [0.4, 0.5) is 5.69 Å². The maximum absolute atomic E-state index is 12.2. The Kier molecular flexibility index (Phi) is 6.73. The third kappa shape index (κ3) is 5.72. The summed E-state index contributed by atoms with van der Waals surface area (Å²) in [6, 6.07) is 15.9. The van der Waals surface area contributed by atoms with E-state index in [9.17, 15) is 14.9 Å². The van der Waals surface area contributed by atoms with E-state index in [0.29, 0.717) is 17.0 Å². The van der Waals surface area contributed by atoms with Crippen LogP contribution in [0, 0.1) is 18.3 Å². The SMILES string of the molecule is COc1cccc(/C=C(\C#N)C(=O)O[C@@H](C)C(=O)Nc2ccc(C)cc2)c1. The fourth-order valence-corrected chi connectivity index (χ4v) is 2.19. The van der Waals surface area contributed by atoms with Crippen LogP contribution < -0.4 is 10.1 Å². The number of nitrogens with zero attached hydrogens (tertiary/aromatic N) is 1. The number of nitriles is 1. The fraction of sp³-hybridized carbons (Fsp3) is 0.190. The minimum atomic E-state index is -1.05. The van der Waals surface area contributed by atoms with Gasteiger partial charge < -0.3 is 14.8 Å². The smallest absolute Gasteiger partial charge is 0.349 e. The molecule has 27 heavy (non-hydrogen) atoms. The minimum Gasteiger partial charge on any atom is -0.497 e. The van der Waals surface area contributed by atoms with E-state index in [2.05, 4.69) is 5.32 Å². The van der Waals surface area contributed by atoms with Crippen molar-refractivity contribution in [3.63, 3.8) is 0 Å². The van der Waals surface area contributed by atoms with Crippen molar-refractivity contribution in [3.05, 3.63) is 65.2 Å². The number of methoxy groups -OCH3 is 1. The number of rotatable bonds is 6. The maximum Gasteiger partial charge on any atom is 0.349 e. The van der Waals surface area contributed by atoms with E-state index >= 15 is 0 Å². The number of hydrogen-bond donors (Lipinski definition) is 1. The van der Waals surface area contributed by atoms with Crippen molar-refractivity contribution in [2.75, 3.05) is 12.4 Å². The lowest BCUT2D eigenvalue weighted by Gasteiger charge is -2.13. The summed E-state index contributed by atoms with van der Waals surface area (Å²) in [6.07, 6.45) is 0.330. The molecule has 2 aromatic carbocycles. The topological polar surface area (TPSA) is 88.4 Å². The van der Waals surface area contributed by atoms with Crippen molar-refractivity contribution in [2.45, 2.75) is 20.0 Å². The van der Waals surface area contributed by atoms with Gasteiger partial charge in [0.2, 0.25) is 0 Å². The summed E-state index contributed by atoms with van der Waals surface area (Å²) in [5.74, 6) is -0.752. The number of anilines is 1. The Balaban J connectivity index is 2.04. The van der Waals surface area contributed by atoms with Crippen LogP contribution in [0.15, 0.2) is 54.1 Å². The van der Waals surface area contributed by atoms with Crippen LogP contribution in [-0.2, 0) is 14.3 Å². The van der Waals surface area contributed by atoms with Gasteiger partial charge in [-0.1, -0.05) is 29.8 Å². The normalized spacial score (nSPS) is 11.9. The van der Waals surface area contributed by atoms with Crippen molar-refractivity contribution in [1.82, 2.24) is 0 Å². The van der Waals surface area contributed by atoms with Gasteiger partial charge in [-0.2, -0.15) is 5.26 Å². The van der Waals surface area contributed by atoms with Crippen molar-refractivity contribution in [2.24, 2.45) is 0 Å². The molecule has 0 aliphatic heterocycles.